The number of azide groups is 1. The second-order valence-corrected chi connectivity index (χ2v) is 2.30. The monoisotopic (exact) mass is 165 g/mol. The molecule has 0 N–H and O–H groups in total. The summed E-state index contributed by atoms with van der Waals surface area (Å²) in [5, 5.41) is 3.13. The lowest BCUT2D eigenvalue weighted by Crippen LogP contribution is -2.00. The largest absolute Gasteiger partial charge is 0.461 e. The predicted octanol–water partition coefficient (Wildman–Crippen LogP) is 2.08. The molecule has 0 aromatic carbocycles. The fourth-order valence-corrected chi connectivity index (χ4v) is 0.751. The fourth-order valence-electron chi connectivity index (χ4n) is 0.751. The van der Waals surface area contributed by atoms with E-state index < -0.39 is 0 Å². The molecule has 0 saturated heterocycles. The number of hydrogen-bond donors (Lipinski definition) is 0. The Hall–Kier alpha value is -1.74. The summed E-state index contributed by atoms with van der Waals surface area (Å²) in [4.78, 5) is 13.5. The van der Waals surface area contributed by atoms with Crippen molar-refractivity contribution in [1.29, 1.82) is 0 Å². The Bertz CT molecular complexity index is 336. The first-order chi connectivity index (χ1) is 5.74. The topological polar surface area (TPSA) is 79.0 Å². The Labute approximate surface area is 68.6 Å². The number of nitrogens with zero attached hydrogens (tertiary/aromatic N) is 3. The van der Waals surface area contributed by atoms with Crippen molar-refractivity contribution in [2.24, 2.45) is 5.11 Å². The van der Waals surface area contributed by atoms with Gasteiger partial charge in [-0.2, -0.15) is 0 Å². The lowest BCUT2D eigenvalue weighted by atomic mass is 10.3. The molecule has 0 aliphatic carbocycles. The van der Waals surface area contributed by atoms with Crippen LogP contribution in [0, 0.1) is 6.92 Å². The molecule has 0 amide bonds. The average molecular weight is 165 g/mol. The second-order valence-electron chi connectivity index (χ2n) is 2.30. The fraction of sp³-hybridized carbons (Fsp3) is 0.286. The number of ketones is 1. The van der Waals surface area contributed by atoms with Crippen LogP contribution in [0.4, 0.5) is 0 Å². The van der Waals surface area contributed by atoms with Gasteiger partial charge >= 0.3 is 0 Å². The van der Waals surface area contributed by atoms with Gasteiger partial charge in [-0.1, -0.05) is 5.11 Å². The van der Waals surface area contributed by atoms with Crippen LogP contribution in [-0.2, 0) is 0 Å². The number of carbonyl (C=O) groups excluding carboxylic acids is 1. The number of hydrogen-bond acceptors (Lipinski definition) is 3. The molecular weight excluding hydrogens is 158 g/mol. The van der Waals surface area contributed by atoms with E-state index in [2.05, 4.69) is 10.0 Å². The van der Waals surface area contributed by atoms with Gasteiger partial charge in [-0.15, -0.1) is 0 Å². The van der Waals surface area contributed by atoms with Crippen LogP contribution in [-0.4, -0.2) is 12.3 Å². The van der Waals surface area contributed by atoms with Gasteiger partial charge in [0.05, 0.1) is 12.8 Å². The molecular formula is C7H7N3O2. The highest BCUT2D eigenvalue weighted by Gasteiger charge is 2.07. The van der Waals surface area contributed by atoms with E-state index in [9.17, 15) is 4.79 Å². The SMILES string of the molecule is Cc1coc(C(=O)CN=[N+]=[N-])c1. The van der Waals surface area contributed by atoms with Gasteiger partial charge in [0.25, 0.3) is 0 Å². The number of Topliss-reactive ketones (excluding diaryl/α,β-unsaturated/α-hetero) is 1. The van der Waals surface area contributed by atoms with Crippen molar-refractivity contribution in [1.82, 2.24) is 0 Å². The molecule has 5 nitrogen and oxygen atoms in total. The van der Waals surface area contributed by atoms with Gasteiger partial charge in [0.1, 0.15) is 0 Å². The van der Waals surface area contributed by atoms with E-state index in [1.54, 1.807) is 6.07 Å². The molecule has 0 aliphatic heterocycles. The summed E-state index contributed by atoms with van der Waals surface area (Å²) in [7, 11) is 0. The van der Waals surface area contributed by atoms with Crippen LogP contribution in [0.15, 0.2) is 21.9 Å². The van der Waals surface area contributed by atoms with Crippen molar-refractivity contribution in [3.63, 3.8) is 0 Å². The van der Waals surface area contributed by atoms with Gasteiger partial charge in [0, 0.05) is 4.91 Å². The van der Waals surface area contributed by atoms with Crippen molar-refractivity contribution in [2.45, 2.75) is 6.92 Å². The van der Waals surface area contributed by atoms with Crippen LogP contribution in [0.3, 0.4) is 0 Å². The Morgan fingerprint density at radius 2 is 2.58 bits per heavy atom. The number of furan rings is 1. The zero-order valence-corrected chi connectivity index (χ0v) is 6.52. The Morgan fingerprint density at radius 3 is 3.08 bits per heavy atom. The maximum Gasteiger partial charge on any atom is 0.203 e. The Balaban J connectivity index is 2.71. The first kappa shape index (κ1) is 8.36. The third-order valence-corrected chi connectivity index (χ3v) is 1.28. The molecule has 0 saturated carbocycles. The van der Waals surface area contributed by atoms with Gasteiger partial charge in [-0.3, -0.25) is 4.79 Å². The Kier molecular flexibility index (Phi) is 2.50. The third kappa shape index (κ3) is 1.87. The smallest absolute Gasteiger partial charge is 0.203 e. The molecule has 1 aromatic rings. The molecule has 0 spiro atoms. The molecule has 0 aliphatic rings. The molecule has 5 heteroatoms. The maximum atomic E-state index is 11.1. The van der Waals surface area contributed by atoms with Crippen LogP contribution in [0.5, 0.6) is 0 Å². The minimum absolute atomic E-state index is 0.191. The molecule has 0 atom stereocenters. The first-order valence-electron chi connectivity index (χ1n) is 3.33. The van der Waals surface area contributed by atoms with Gasteiger partial charge < -0.3 is 4.42 Å². The summed E-state index contributed by atoms with van der Waals surface area (Å²) in [6.45, 7) is 1.62. The first-order valence-corrected chi connectivity index (χ1v) is 3.33. The molecule has 1 heterocycles. The molecule has 0 radical (unpaired) electrons. The molecule has 0 fully saturated rings. The normalized spacial score (nSPS) is 9.08. The van der Waals surface area contributed by atoms with Crippen LogP contribution >= 0.6 is 0 Å². The standard InChI is InChI=1S/C7H7N3O2/c1-5-2-7(12-4-5)6(11)3-9-10-8/h2,4H,3H2,1H3. The minimum atomic E-state index is -0.305. The van der Waals surface area contributed by atoms with Crippen LogP contribution < -0.4 is 0 Å². The summed E-state index contributed by atoms with van der Waals surface area (Å²) in [5.74, 6) is -0.0687. The maximum absolute atomic E-state index is 11.1. The van der Waals surface area contributed by atoms with Crippen LogP contribution in [0.2, 0.25) is 0 Å². The van der Waals surface area contributed by atoms with Crippen molar-refractivity contribution in [2.75, 3.05) is 6.54 Å². The summed E-state index contributed by atoms with van der Waals surface area (Å²) < 4.78 is 4.89. The predicted molar refractivity (Wildman–Crippen MR) is 41.8 cm³/mol. The van der Waals surface area contributed by atoms with Gasteiger partial charge in [-0.25, -0.2) is 0 Å². The molecule has 0 unspecified atom stereocenters. The Morgan fingerprint density at radius 1 is 1.83 bits per heavy atom. The van der Waals surface area contributed by atoms with E-state index in [1.165, 1.54) is 6.26 Å². The summed E-state index contributed by atoms with van der Waals surface area (Å²) in [6, 6.07) is 1.61. The van der Waals surface area contributed by atoms with E-state index in [0.29, 0.717) is 0 Å². The van der Waals surface area contributed by atoms with Crippen molar-refractivity contribution >= 4 is 5.78 Å². The van der Waals surface area contributed by atoms with Crippen molar-refractivity contribution in [3.8, 4) is 0 Å². The van der Waals surface area contributed by atoms with Gasteiger partial charge in [0.15, 0.2) is 5.76 Å². The van der Waals surface area contributed by atoms with Gasteiger partial charge in [-0.05, 0) is 24.1 Å². The number of aryl methyl sites for hydroxylation is 1. The van der Waals surface area contributed by atoms with E-state index in [4.69, 9.17) is 9.95 Å². The average Bonchev–Trinajstić information content (AvgIpc) is 2.47. The zero-order valence-electron chi connectivity index (χ0n) is 6.52. The van der Waals surface area contributed by atoms with Crippen molar-refractivity contribution in [3.05, 3.63) is 34.1 Å². The number of carbonyl (C=O) groups is 1. The molecule has 1 rings (SSSR count). The highest BCUT2D eigenvalue weighted by Crippen LogP contribution is 2.06. The molecule has 0 bridgehead atoms. The molecule has 62 valence electrons. The summed E-state index contributed by atoms with van der Waals surface area (Å²) in [6.07, 6.45) is 1.48. The van der Waals surface area contributed by atoms with Crippen LogP contribution in [0.25, 0.3) is 10.4 Å². The number of rotatable bonds is 3. The highest BCUT2D eigenvalue weighted by atomic mass is 16.3. The van der Waals surface area contributed by atoms with E-state index >= 15 is 0 Å². The zero-order chi connectivity index (χ0) is 8.97. The van der Waals surface area contributed by atoms with E-state index in [1.807, 2.05) is 6.92 Å². The lowest BCUT2D eigenvalue weighted by molar-refractivity contribution is 0.0975. The van der Waals surface area contributed by atoms with E-state index in [0.717, 1.165) is 5.56 Å². The van der Waals surface area contributed by atoms with Crippen LogP contribution in [0.1, 0.15) is 16.1 Å². The minimum Gasteiger partial charge on any atom is -0.461 e. The molecule has 1 aromatic heterocycles. The van der Waals surface area contributed by atoms with E-state index in [-0.39, 0.29) is 18.1 Å². The third-order valence-electron chi connectivity index (χ3n) is 1.28. The highest BCUT2D eigenvalue weighted by molar-refractivity contribution is 5.95. The molecule has 12 heavy (non-hydrogen) atoms. The van der Waals surface area contributed by atoms with Crippen molar-refractivity contribution < 1.29 is 9.21 Å². The summed E-state index contributed by atoms with van der Waals surface area (Å²) >= 11 is 0. The quantitative estimate of drug-likeness (QED) is 0.297. The van der Waals surface area contributed by atoms with Gasteiger partial charge in [0.2, 0.25) is 5.78 Å². The second kappa shape index (κ2) is 3.59. The summed E-state index contributed by atoms with van der Waals surface area (Å²) in [5.41, 5.74) is 8.82. The lowest BCUT2D eigenvalue weighted by Gasteiger charge is -1.87.